The number of ketones is 1. The standard InChI is InChI=1S/C17H20N4O3/c1-12(22)13-6-7-16(17(11-13)21(23)24)20-10-4-3-5-15(20)14-8-9-18-19(14)2/h6-9,11,15H,3-5,10H2,1-2H3. The van der Waals surface area contributed by atoms with Crippen LogP contribution in [-0.2, 0) is 7.05 Å². The minimum Gasteiger partial charge on any atom is -0.357 e. The number of rotatable bonds is 4. The van der Waals surface area contributed by atoms with Crippen molar-refractivity contribution < 1.29 is 9.72 Å². The van der Waals surface area contributed by atoms with Crippen LogP contribution in [0.3, 0.4) is 0 Å². The van der Waals surface area contributed by atoms with Gasteiger partial charge in [-0.2, -0.15) is 5.10 Å². The van der Waals surface area contributed by atoms with E-state index in [1.54, 1.807) is 18.3 Å². The highest BCUT2D eigenvalue weighted by Crippen LogP contribution is 2.39. The number of aryl methyl sites for hydroxylation is 1. The van der Waals surface area contributed by atoms with Crippen molar-refractivity contribution in [3.05, 3.63) is 51.8 Å². The van der Waals surface area contributed by atoms with Gasteiger partial charge in [-0.25, -0.2) is 0 Å². The first-order valence-corrected chi connectivity index (χ1v) is 8.03. The first-order valence-electron chi connectivity index (χ1n) is 8.03. The molecule has 0 spiro atoms. The van der Waals surface area contributed by atoms with Crippen LogP contribution in [0.15, 0.2) is 30.5 Å². The fraction of sp³-hybridized carbons (Fsp3) is 0.412. The molecule has 1 aromatic heterocycles. The summed E-state index contributed by atoms with van der Waals surface area (Å²) in [7, 11) is 1.88. The number of carbonyl (C=O) groups is 1. The molecule has 1 unspecified atom stereocenters. The third-order valence-electron chi connectivity index (χ3n) is 4.59. The number of aromatic nitrogens is 2. The minimum absolute atomic E-state index is 0.0169. The maximum Gasteiger partial charge on any atom is 0.293 e. The van der Waals surface area contributed by atoms with Crippen molar-refractivity contribution in [1.82, 2.24) is 9.78 Å². The Morgan fingerprint density at radius 1 is 1.33 bits per heavy atom. The Kier molecular flexibility index (Phi) is 4.33. The molecule has 0 radical (unpaired) electrons. The van der Waals surface area contributed by atoms with Crippen LogP contribution < -0.4 is 4.90 Å². The smallest absolute Gasteiger partial charge is 0.293 e. The third-order valence-corrected chi connectivity index (χ3v) is 4.59. The fourth-order valence-electron chi connectivity index (χ4n) is 3.37. The zero-order valence-corrected chi connectivity index (χ0v) is 13.8. The summed E-state index contributed by atoms with van der Waals surface area (Å²) >= 11 is 0. The van der Waals surface area contributed by atoms with Crippen molar-refractivity contribution in [3.63, 3.8) is 0 Å². The Morgan fingerprint density at radius 2 is 2.12 bits per heavy atom. The van der Waals surface area contributed by atoms with Gasteiger partial charge in [-0.05, 0) is 44.4 Å². The zero-order valence-electron chi connectivity index (χ0n) is 13.8. The largest absolute Gasteiger partial charge is 0.357 e. The number of anilines is 1. The summed E-state index contributed by atoms with van der Waals surface area (Å²) in [5, 5.41) is 15.8. The summed E-state index contributed by atoms with van der Waals surface area (Å²) in [6.07, 6.45) is 4.73. The van der Waals surface area contributed by atoms with E-state index in [-0.39, 0.29) is 17.5 Å². The fourth-order valence-corrected chi connectivity index (χ4v) is 3.37. The van der Waals surface area contributed by atoms with Gasteiger partial charge < -0.3 is 4.90 Å². The molecule has 7 nitrogen and oxygen atoms in total. The number of nitro groups is 1. The summed E-state index contributed by atoms with van der Waals surface area (Å²) in [5.41, 5.74) is 1.95. The van der Waals surface area contributed by atoms with Crippen molar-refractivity contribution >= 4 is 17.2 Å². The summed E-state index contributed by atoms with van der Waals surface area (Å²) in [6, 6.07) is 6.75. The predicted molar refractivity (Wildman–Crippen MR) is 90.2 cm³/mol. The molecule has 2 aromatic rings. The van der Waals surface area contributed by atoms with Crippen molar-refractivity contribution in [2.45, 2.75) is 32.2 Å². The third kappa shape index (κ3) is 2.89. The molecule has 0 bridgehead atoms. The molecular formula is C17H20N4O3. The first kappa shape index (κ1) is 16.2. The maximum absolute atomic E-state index is 11.6. The lowest BCUT2D eigenvalue weighted by Crippen LogP contribution is -2.35. The van der Waals surface area contributed by atoms with Gasteiger partial charge in [0.25, 0.3) is 5.69 Å². The van der Waals surface area contributed by atoms with Crippen molar-refractivity contribution in [3.8, 4) is 0 Å². The van der Waals surface area contributed by atoms with Gasteiger partial charge in [-0.1, -0.05) is 0 Å². The first-order chi connectivity index (χ1) is 11.5. The van der Waals surface area contributed by atoms with Gasteiger partial charge in [-0.3, -0.25) is 19.6 Å². The molecule has 3 rings (SSSR count). The average Bonchev–Trinajstić information content (AvgIpc) is 3.00. The van der Waals surface area contributed by atoms with Crippen LogP contribution in [-0.4, -0.2) is 27.0 Å². The number of piperidine rings is 1. The molecule has 1 aromatic carbocycles. The van der Waals surface area contributed by atoms with Gasteiger partial charge in [0.05, 0.1) is 16.7 Å². The van der Waals surface area contributed by atoms with Crippen LogP contribution in [0.5, 0.6) is 0 Å². The molecule has 0 amide bonds. The van der Waals surface area contributed by atoms with E-state index in [0.29, 0.717) is 11.3 Å². The van der Waals surface area contributed by atoms with Crippen LogP contribution in [0.25, 0.3) is 0 Å². The Hall–Kier alpha value is -2.70. The molecule has 1 aliphatic heterocycles. The van der Waals surface area contributed by atoms with Crippen LogP contribution in [0.4, 0.5) is 11.4 Å². The molecule has 24 heavy (non-hydrogen) atoms. The molecule has 7 heteroatoms. The summed E-state index contributed by atoms with van der Waals surface area (Å²) in [4.78, 5) is 24.8. The number of hydrogen-bond acceptors (Lipinski definition) is 5. The molecular weight excluding hydrogens is 308 g/mol. The van der Waals surface area contributed by atoms with E-state index in [0.717, 1.165) is 31.5 Å². The average molecular weight is 328 g/mol. The minimum atomic E-state index is -0.406. The van der Waals surface area contributed by atoms with Crippen molar-refractivity contribution in [2.75, 3.05) is 11.4 Å². The van der Waals surface area contributed by atoms with Crippen molar-refractivity contribution in [2.24, 2.45) is 7.05 Å². The lowest BCUT2D eigenvalue weighted by atomic mass is 9.97. The lowest BCUT2D eigenvalue weighted by Gasteiger charge is -2.37. The number of benzene rings is 1. The lowest BCUT2D eigenvalue weighted by molar-refractivity contribution is -0.384. The normalized spacial score (nSPS) is 17.8. The number of nitro benzene ring substituents is 1. The van der Waals surface area contributed by atoms with E-state index in [1.807, 2.05) is 17.8 Å². The predicted octanol–water partition coefficient (Wildman–Crippen LogP) is 3.26. The Bertz CT molecular complexity index is 784. The van der Waals surface area contributed by atoms with E-state index in [2.05, 4.69) is 10.00 Å². The molecule has 1 fully saturated rings. The molecule has 2 heterocycles. The van der Waals surface area contributed by atoms with Crippen LogP contribution in [0.2, 0.25) is 0 Å². The molecule has 0 saturated carbocycles. The number of Topliss-reactive ketones (excluding diaryl/α,β-unsaturated/α-hetero) is 1. The van der Waals surface area contributed by atoms with Crippen LogP contribution in [0.1, 0.15) is 48.3 Å². The number of hydrogen-bond donors (Lipinski definition) is 0. The SMILES string of the molecule is CC(=O)c1ccc(N2CCCCC2c2ccnn2C)c([N+](=O)[O-])c1. The van der Waals surface area contributed by atoms with E-state index >= 15 is 0 Å². The highest BCUT2D eigenvalue weighted by atomic mass is 16.6. The summed E-state index contributed by atoms with van der Waals surface area (Å²) < 4.78 is 1.82. The Labute approximate surface area is 140 Å². The van der Waals surface area contributed by atoms with Gasteiger partial charge in [0.1, 0.15) is 5.69 Å². The van der Waals surface area contributed by atoms with Crippen LogP contribution in [0, 0.1) is 10.1 Å². The van der Waals surface area contributed by atoms with Gasteiger partial charge in [0.15, 0.2) is 5.78 Å². The molecule has 1 saturated heterocycles. The molecule has 0 aliphatic carbocycles. The monoisotopic (exact) mass is 328 g/mol. The van der Waals surface area contributed by atoms with Gasteiger partial charge >= 0.3 is 0 Å². The topological polar surface area (TPSA) is 81.3 Å². The molecule has 126 valence electrons. The highest BCUT2D eigenvalue weighted by molar-refractivity contribution is 5.95. The quantitative estimate of drug-likeness (QED) is 0.489. The van der Waals surface area contributed by atoms with E-state index < -0.39 is 4.92 Å². The summed E-state index contributed by atoms with van der Waals surface area (Å²) in [6.45, 7) is 2.16. The maximum atomic E-state index is 11.6. The van der Waals surface area contributed by atoms with E-state index in [4.69, 9.17) is 0 Å². The molecule has 1 aliphatic rings. The molecule has 1 atom stereocenters. The summed E-state index contributed by atoms with van der Waals surface area (Å²) in [5.74, 6) is -0.175. The van der Waals surface area contributed by atoms with E-state index in [9.17, 15) is 14.9 Å². The second-order valence-corrected chi connectivity index (χ2v) is 6.10. The zero-order chi connectivity index (χ0) is 17.3. The second-order valence-electron chi connectivity index (χ2n) is 6.10. The highest BCUT2D eigenvalue weighted by Gasteiger charge is 2.31. The van der Waals surface area contributed by atoms with Gasteiger partial charge in [-0.15, -0.1) is 0 Å². The number of nitrogens with zero attached hydrogens (tertiary/aromatic N) is 4. The van der Waals surface area contributed by atoms with Gasteiger partial charge in [0, 0.05) is 31.4 Å². The number of carbonyl (C=O) groups excluding carboxylic acids is 1. The Balaban J connectivity index is 2.06. The Morgan fingerprint density at radius 3 is 2.75 bits per heavy atom. The van der Waals surface area contributed by atoms with E-state index in [1.165, 1.54) is 13.0 Å². The molecule has 0 N–H and O–H groups in total. The van der Waals surface area contributed by atoms with Crippen molar-refractivity contribution in [1.29, 1.82) is 0 Å². The van der Waals surface area contributed by atoms with Gasteiger partial charge in [0.2, 0.25) is 0 Å². The second kappa shape index (κ2) is 6.43. The van der Waals surface area contributed by atoms with Crippen LogP contribution >= 0.6 is 0 Å².